The molecule has 2 rings (SSSR count). The minimum absolute atomic E-state index is 0.124. The minimum Gasteiger partial charge on any atom is -0.325 e. The summed E-state index contributed by atoms with van der Waals surface area (Å²) in [5.41, 5.74) is 9.70. The molecule has 15 heavy (non-hydrogen) atoms. The second kappa shape index (κ2) is 3.56. The van der Waals surface area contributed by atoms with Crippen LogP contribution in [0.5, 0.6) is 0 Å². The highest BCUT2D eigenvalue weighted by molar-refractivity contribution is 5.24. The molecule has 0 aromatic carbocycles. The molecule has 82 valence electrons. The molecular weight excluding hydrogens is 186 g/mol. The average molecular weight is 205 g/mol. The van der Waals surface area contributed by atoms with Crippen molar-refractivity contribution < 1.29 is 0 Å². The first-order valence-corrected chi connectivity index (χ1v) is 5.60. The highest BCUT2D eigenvalue weighted by Crippen LogP contribution is 2.36. The minimum atomic E-state index is 0.124. The van der Waals surface area contributed by atoms with E-state index in [0.29, 0.717) is 0 Å². The Balaban J connectivity index is 2.13. The molecule has 2 N–H and O–H groups in total. The van der Waals surface area contributed by atoms with Gasteiger partial charge in [0.2, 0.25) is 0 Å². The zero-order chi connectivity index (χ0) is 11.1. The monoisotopic (exact) mass is 205 g/mol. The number of nitrogens with zero attached hydrogens (tertiary/aromatic N) is 2. The largest absolute Gasteiger partial charge is 0.325 e. The van der Waals surface area contributed by atoms with Gasteiger partial charge in [0.25, 0.3) is 0 Å². The Kier molecular flexibility index (Phi) is 2.51. The first kappa shape index (κ1) is 10.6. The van der Waals surface area contributed by atoms with Crippen LogP contribution >= 0.6 is 0 Å². The van der Waals surface area contributed by atoms with Crippen molar-refractivity contribution in [3.05, 3.63) is 22.8 Å². The van der Waals surface area contributed by atoms with Gasteiger partial charge in [0.1, 0.15) is 5.82 Å². The molecule has 0 saturated heterocycles. The smallest absolute Gasteiger partial charge is 0.125 e. The summed E-state index contributed by atoms with van der Waals surface area (Å²) in [5, 5.41) is 0. The van der Waals surface area contributed by atoms with Crippen LogP contribution in [0.1, 0.15) is 42.0 Å². The Morgan fingerprint density at radius 3 is 2.47 bits per heavy atom. The number of nitrogens with two attached hydrogens (primary N) is 1. The lowest BCUT2D eigenvalue weighted by molar-refractivity contribution is 0.599. The van der Waals surface area contributed by atoms with E-state index in [4.69, 9.17) is 5.73 Å². The third kappa shape index (κ3) is 2.34. The maximum Gasteiger partial charge on any atom is 0.125 e. The molecule has 1 saturated carbocycles. The van der Waals surface area contributed by atoms with Gasteiger partial charge in [0.05, 0.1) is 0 Å². The second-order valence-corrected chi connectivity index (χ2v) is 4.79. The summed E-state index contributed by atoms with van der Waals surface area (Å²) in [7, 11) is 0. The summed E-state index contributed by atoms with van der Waals surface area (Å²) in [6.45, 7) is 6.09. The molecular formula is C12H19N3. The lowest BCUT2D eigenvalue weighted by Crippen LogP contribution is -2.22. The van der Waals surface area contributed by atoms with Crippen LogP contribution in [-0.4, -0.2) is 15.5 Å². The van der Waals surface area contributed by atoms with Gasteiger partial charge < -0.3 is 5.73 Å². The van der Waals surface area contributed by atoms with Gasteiger partial charge in [-0.1, -0.05) is 0 Å². The summed E-state index contributed by atoms with van der Waals surface area (Å²) < 4.78 is 0. The van der Waals surface area contributed by atoms with Crippen LogP contribution in [0.15, 0.2) is 0 Å². The van der Waals surface area contributed by atoms with Crippen LogP contribution in [0.3, 0.4) is 0 Å². The van der Waals surface area contributed by atoms with E-state index in [2.05, 4.69) is 16.9 Å². The number of aryl methyl sites for hydroxylation is 3. The van der Waals surface area contributed by atoms with E-state index >= 15 is 0 Å². The van der Waals surface area contributed by atoms with Crippen molar-refractivity contribution in [2.24, 2.45) is 5.73 Å². The molecule has 1 aliphatic carbocycles. The summed E-state index contributed by atoms with van der Waals surface area (Å²) in [4.78, 5) is 8.85. The predicted molar refractivity (Wildman–Crippen MR) is 60.7 cm³/mol. The Morgan fingerprint density at radius 1 is 1.20 bits per heavy atom. The molecule has 0 spiro atoms. The molecule has 1 aromatic heterocycles. The first-order valence-electron chi connectivity index (χ1n) is 5.60. The third-order valence-electron chi connectivity index (χ3n) is 3.35. The molecule has 1 aromatic rings. The van der Waals surface area contributed by atoms with Crippen LogP contribution in [0.4, 0.5) is 0 Å². The van der Waals surface area contributed by atoms with E-state index in [1.54, 1.807) is 0 Å². The summed E-state index contributed by atoms with van der Waals surface area (Å²) in [5.74, 6) is 0.870. The van der Waals surface area contributed by atoms with Crippen LogP contribution in [-0.2, 0) is 6.42 Å². The predicted octanol–water partition coefficient (Wildman–Crippen LogP) is 1.83. The molecule has 1 heterocycles. The molecule has 1 aliphatic rings. The van der Waals surface area contributed by atoms with Gasteiger partial charge in [0, 0.05) is 16.9 Å². The molecule has 0 radical (unpaired) electrons. The van der Waals surface area contributed by atoms with Crippen LogP contribution < -0.4 is 5.73 Å². The van der Waals surface area contributed by atoms with Gasteiger partial charge in [-0.05, 0) is 52.0 Å². The van der Waals surface area contributed by atoms with E-state index in [1.165, 1.54) is 24.1 Å². The molecule has 0 unspecified atom stereocenters. The number of aromatic nitrogens is 2. The zero-order valence-corrected chi connectivity index (χ0v) is 9.80. The molecule has 0 aliphatic heterocycles. The number of hydrogen-bond donors (Lipinski definition) is 1. The fourth-order valence-electron chi connectivity index (χ4n) is 1.86. The van der Waals surface area contributed by atoms with E-state index in [9.17, 15) is 0 Å². The summed E-state index contributed by atoms with van der Waals surface area (Å²) >= 11 is 0. The van der Waals surface area contributed by atoms with Crippen molar-refractivity contribution in [1.29, 1.82) is 0 Å². The molecule has 3 nitrogen and oxygen atoms in total. The Bertz CT molecular complexity index is 381. The highest BCUT2D eigenvalue weighted by atomic mass is 14.9. The molecule has 0 amide bonds. The van der Waals surface area contributed by atoms with Crippen molar-refractivity contribution in [3.63, 3.8) is 0 Å². The van der Waals surface area contributed by atoms with Gasteiger partial charge in [-0.15, -0.1) is 0 Å². The lowest BCUT2D eigenvalue weighted by atomic mass is 10.0. The summed E-state index contributed by atoms with van der Waals surface area (Å²) in [6.07, 6.45) is 4.40. The second-order valence-electron chi connectivity index (χ2n) is 4.79. The van der Waals surface area contributed by atoms with Gasteiger partial charge >= 0.3 is 0 Å². The zero-order valence-electron chi connectivity index (χ0n) is 9.80. The van der Waals surface area contributed by atoms with Crippen molar-refractivity contribution in [2.45, 2.75) is 52.0 Å². The Hall–Kier alpha value is -0.960. The average Bonchev–Trinajstić information content (AvgIpc) is 2.88. The normalized spacial score (nSPS) is 17.9. The van der Waals surface area contributed by atoms with Crippen LogP contribution in [0, 0.1) is 20.8 Å². The maximum absolute atomic E-state index is 6.08. The van der Waals surface area contributed by atoms with Crippen LogP contribution in [0.25, 0.3) is 0 Å². The lowest BCUT2D eigenvalue weighted by Gasteiger charge is -2.11. The van der Waals surface area contributed by atoms with Gasteiger partial charge in [-0.2, -0.15) is 0 Å². The van der Waals surface area contributed by atoms with Gasteiger partial charge in [-0.25, -0.2) is 9.97 Å². The summed E-state index contributed by atoms with van der Waals surface area (Å²) in [6, 6.07) is 0. The van der Waals surface area contributed by atoms with Crippen LogP contribution in [0.2, 0.25) is 0 Å². The van der Waals surface area contributed by atoms with E-state index < -0.39 is 0 Å². The standard InChI is InChI=1S/C12H19N3/c1-8-9(2)14-10(3)15-11(8)4-5-12(13)6-7-12/h4-7,13H2,1-3H3. The fraction of sp³-hybridized carbons (Fsp3) is 0.667. The van der Waals surface area contributed by atoms with Crippen molar-refractivity contribution in [1.82, 2.24) is 9.97 Å². The topological polar surface area (TPSA) is 51.8 Å². The Labute approximate surface area is 91.1 Å². The molecule has 3 heteroatoms. The third-order valence-corrected chi connectivity index (χ3v) is 3.35. The molecule has 1 fully saturated rings. The fourth-order valence-corrected chi connectivity index (χ4v) is 1.86. The van der Waals surface area contributed by atoms with Crippen molar-refractivity contribution >= 4 is 0 Å². The molecule has 0 bridgehead atoms. The Morgan fingerprint density at radius 2 is 1.87 bits per heavy atom. The van der Waals surface area contributed by atoms with E-state index in [1.807, 2.05) is 13.8 Å². The number of hydrogen-bond acceptors (Lipinski definition) is 3. The molecule has 0 atom stereocenters. The first-order chi connectivity index (χ1) is 7.00. The quantitative estimate of drug-likeness (QED) is 0.819. The van der Waals surface area contributed by atoms with Crippen molar-refractivity contribution in [2.75, 3.05) is 0 Å². The SMILES string of the molecule is Cc1nc(C)c(C)c(CCC2(N)CC2)n1. The number of rotatable bonds is 3. The highest BCUT2D eigenvalue weighted by Gasteiger charge is 2.37. The van der Waals surface area contributed by atoms with Gasteiger partial charge in [-0.3, -0.25) is 0 Å². The van der Waals surface area contributed by atoms with E-state index in [-0.39, 0.29) is 5.54 Å². The van der Waals surface area contributed by atoms with Crippen molar-refractivity contribution in [3.8, 4) is 0 Å². The van der Waals surface area contributed by atoms with Gasteiger partial charge in [0.15, 0.2) is 0 Å². The maximum atomic E-state index is 6.08. The van der Waals surface area contributed by atoms with E-state index in [0.717, 1.165) is 24.4 Å².